The summed E-state index contributed by atoms with van der Waals surface area (Å²) in [5.74, 6) is -6.34. The van der Waals surface area contributed by atoms with Crippen molar-refractivity contribution < 1.29 is 61.3 Å². The molecule has 0 aliphatic heterocycles. The standard InChI is InChI=1S/C38H39F2N3O11/c1-4-31(43(22-44)53-19-23-8-6-5-7-9-23)27(13-11-24-10-12-25(39)16-30(24)40)36(47)41-21-42-37(48)33-15-14-32(54-33)28-17-26(52-20-34(45)50-2)18-29(35(28)46)38(49)51-3/h5-10,12,14-18,22,27,31,46H,4,11,13,19-21H2,1-3H3,(H,41,47)(H,42,48). The van der Waals surface area contributed by atoms with Crippen molar-refractivity contribution >= 4 is 30.2 Å². The number of aromatic hydroxyl groups is 1. The maximum absolute atomic E-state index is 14.5. The van der Waals surface area contributed by atoms with Gasteiger partial charge in [0.2, 0.25) is 12.3 Å². The van der Waals surface area contributed by atoms with Crippen LogP contribution in [0, 0.1) is 17.6 Å². The fourth-order valence-electron chi connectivity index (χ4n) is 5.48. The number of phenols is 1. The number of hydrogen-bond donors (Lipinski definition) is 3. The number of halogens is 2. The summed E-state index contributed by atoms with van der Waals surface area (Å²) < 4.78 is 48.4. The van der Waals surface area contributed by atoms with E-state index in [1.807, 2.05) is 6.07 Å². The number of carbonyl (C=O) groups is 5. The van der Waals surface area contributed by atoms with E-state index in [1.165, 1.54) is 24.3 Å². The van der Waals surface area contributed by atoms with E-state index >= 15 is 0 Å². The fourth-order valence-corrected chi connectivity index (χ4v) is 5.48. The Labute approximate surface area is 308 Å². The van der Waals surface area contributed by atoms with Gasteiger partial charge in [0.1, 0.15) is 41.1 Å². The van der Waals surface area contributed by atoms with Gasteiger partial charge in [0.25, 0.3) is 5.91 Å². The molecule has 3 amide bonds. The smallest absolute Gasteiger partial charge is 0.343 e. The Bertz CT molecular complexity index is 1940. The fraction of sp³-hybridized carbons (Fsp3) is 0.289. The lowest BCUT2D eigenvalue weighted by Gasteiger charge is -2.32. The molecular formula is C38H39F2N3O11. The summed E-state index contributed by atoms with van der Waals surface area (Å²) in [6.45, 7) is 0.877. The third-order valence-corrected chi connectivity index (χ3v) is 8.29. The molecule has 0 radical (unpaired) electrons. The number of furan rings is 1. The predicted octanol–water partition coefficient (Wildman–Crippen LogP) is 4.69. The SMILES string of the molecule is CCC(C(CCc1ccc(F)cc1F)C(=O)NCNC(=O)c1ccc(-c2cc(OCC(=O)OC)cc(C(=O)OC)c2O)o1)N(C=O)OCc1ccccc1. The van der Waals surface area contributed by atoms with Gasteiger partial charge in [-0.05, 0) is 60.7 Å². The second kappa shape index (κ2) is 19.5. The summed E-state index contributed by atoms with van der Waals surface area (Å²) >= 11 is 0. The van der Waals surface area contributed by atoms with Crippen LogP contribution in [0.4, 0.5) is 8.78 Å². The van der Waals surface area contributed by atoms with E-state index in [2.05, 4.69) is 15.4 Å². The minimum Gasteiger partial charge on any atom is -0.506 e. The number of ether oxygens (including phenoxy) is 3. The lowest BCUT2D eigenvalue weighted by atomic mass is 9.89. The molecule has 0 aliphatic carbocycles. The van der Waals surface area contributed by atoms with Gasteiger partial charge >= 0.3 is 11.9 Å². The zero-order chi connectivity index (χ0) is 39.2. The first-order chi connectivity index (χ1) is 26.0. The number of esters is 2. The molecule has 0 spiro atoms. The zero-order valence-electron chi connectivity index (χ0n) is 29.6. The van der Waals surface area contributed by atoms with Crippen molar-refractivity contribution in [2.24, 2.45) is 5.92 Å². The molecule has 4 rings (SSSR count). The number of benzene rings is 3. The van der Waals surface area contributed by atoms with Crippen molar-refractivity contribution in [3.63, 3.8) is 0 Å². The normalized spacial score (nSPS) is 11.9. The number of nitrogens with zero attached hydrogens (tertiary/aromatic N) is 1. The summed E-state index contributed by atoms with van der Waals surface area (Å²) in [5, 5.41) is 17.0. The van der Waals surface area contributed by atoms with E-state index in [0.29, 0.717) is 6.41 Å². The van der Waals surface area contributed by atoms with Gasteiger partial charge in [0.05, 0.1) is 38.4 Å². The van der Waals surface area contributed by atoms with Crippen LogP contribution in [0.5, 0.6) is 11.5 Å². The summed E-state index contributed by atoms with van der Waals surface area (Å²) in [6.07, 6.45) is 0.769. The van der Waals surface area contributed by atoms with Gasteiger partial charge in [0.15, 0.2) is 12.4 Å². The molecule has 14 nitrogen and oxygen atoms in total. The maximum atomic E-state index is 14.5. The topological polar surface area (TPSA) is 183 Å². The monoisotopic (exact) mass is 751 g/mol. The van der Waals surface area contributed by atoms with Gasteiger partial charge in [-0.25, -0.2) is 23.4 Å². The van der Waals surface area contributed by atoms with Gasteiger partial charge in [-0.1, -0.05) is 43.3 Å². The summed E-state index contributed by atoms with van der Waals surface area (Å²) in [5.41, 5.74) is 0.571. The number of aryl methyl sites for hydroxylation is 1. The Kier molecular flexibility index (Phi) is 14.6. The van der Waals surface area contributed by atoms with Crippen molar-refractivity contribution in [2.75, 3.05) is 27.5 Å². The molecule has 3 aromatic carbocycles. The zero-order valence-corrected chi connectivity index (χ0v) is 29.6. The van der Waals surface area contributed by atoms with Crippen LogP contribution in [0.3, 0.4) is 0 Å². The number of nitrogens with one attached hydrogen (secondary N) is 2. The summed E-state index contributed by atoms with van der Waals surface area (Å²) in [4.78, 5) is 68.6. The summed E-state index contributed by atoms with van der Waals surface area (Å²) in [7, 11) is 2.27. The Hall–Kier alpha value is -6.29. The molecule has 2 unspecified atom stereocenters. The third-order valence-electron chi connectivity index (χ3n) is 8.29. The van der Waals surface area contributed by atoms with E-state index in [4.69, 9.17) is 18.7 Å². The summed E-state index contributed by atoms with van der Waals surface area (Å²) in [6, 6.07) is 16.4. The highest BCUT2D eigenvalue weighted by atomic mass is 19.1. The van der Waals surface area contributed by atoms with E-state index in [-0.39, 0.29) is 59.8 Å². The van der Waals surface area contributed by atoms with E-state index in [0.717, 1.165) is 43.0 Å². The Morgan fingerprint density at radius 3 is 2.39 bits per heavy atom. The third kappa shape index (κ3) is 10.6. The van der Waals surface area contributed by atoms with Crippen LogP contribution in [0.2, 0.25) is 0 Å². The minimum atomic E-state index is -0.965. The molecule has 0 saturated carbocycles. The number of hydrogen-bond acceptors (Lipinski definition) is 11. The Morgan fingerprint density at radius 2 is 1.72 bits per heavy atom. The number of rotatable bonds is 19. The molecule has 54 heavy (non-hydrogen) atoms. The predicted molar refractivity (Wildman–Crippen MR) is 187 cm³/mol. The van der Waals surface area contributed by atoms with E-state index in [1.54, 1.807) is 31.2 Å². The lowest BCUT2D eigenvalue weighted by Crippen LogP contribution is -2.48. The van der Waals surface area contributed by atoms with Gasteiger partial charge in [-0.3, -0.25) is 19.2 Å². The molecule has 0 saturated heterocycles. The number of carbonyl (C=O) groups excluding carboxylic acids is 5. The largest absolute Gasteiger partial charge is 0.506 e. The molecule has 0 fully saturated rings. The van der Waals surface area contributed by atoms with Crippen LogP contribution in [0.1, 0.15) is 51.8 Å². The Balaban J connectivity index is 1.48. The molecule has 3 N–H and O–H groups in total. The van der Waals surface area contributed by atoms with Crippen LogP contribution >= 0.6 is 0 Å². The lowest BCUT2D eigenvalue weighted by molar-refractivity contribution is -0.200. The quantitative estimate of drug-likeness (QED) is 0.0523. The van der Waals surface area contributed by atoms with Crippen LogP contribution in [0.15, 0.2) is 77.2 Å². The van der Waals surface area contributed by atoms with Crippen molar-refractivity contribution in [3.8, 4) is 22.8 Å². The highest BCUT2D eigenvalue weighted by Crippen LogP contribution is 2.37. The van der Waals surface area contributed by atoms with Crippen LogP contribution in [0.25, 0.3) is 11.3 Å². The number of methoxy groups -OCH3 is 2. The average molecular weight is 752 g/mol. The Morgan fingerprint density at radius 1 is 0.963 bits per heavy atom. The van der Waals surface area contributed by atoms with Crippen LogP contribution in [-0.2, 0) is 41.7 Å². The van der Waals surface area contributed by atoms with E-state index in [9.17, 15) is 37.9 Å². The molecule has 2 atom stereocenters. The van der Waals surface area contributed by atoms with Crippen LogP contribution in [-0.4, -0.2) is 73.9 Å². The average Bonchev–Trinajstić information content (AvgIpc) is 3.68. The highest BCUT2D eigenvalue weighted by molar-refractivity contribution is 5.96. The molecule has 0 aliphatic rings. The molecule has 1 heterocycles. The number of amides is 3. The van der Waals surface area contributed by atoms with Gasteiger partial charge in [0, 0.05) is 6.07 Å². The first kappa shape index (κ1) is 40.5. The first-order valence-electron chi connectivity index (χ1n) is 16.6. The second-order valence-corrected chi connectivity index (χ2v) is 11.7. The number of hydroxylamine groups is 2. The van der Waals surface area contributed by atoms with Crippen molar-refractivity contribution in [1.29, 1.82) is 0 Å². The van der Waals surface area contributed by atoms with Crippen LogP contribution < -0.4 is 15.4 Å². The molecule has 1 aromatic heterocycles. The maximum Gasteiger partial charge on any atom is 0.343 e. The molecule has 16 heteroatoms. The van der Waals surface area contributed by atoms with Gasteiger partial charge in [-0.2, -0.15) is 0 Å². The first-order valence-corrected chi connectivity index (χ1v) is 16.6. The molecule has 0 bridgehead atoms. The van der Waals surface area contributed by atoms with Gasteiger partial charge in [-0.15, -0.1) is 0 Å². The number of phenolic OH excluding ortho intramolecular Hbond substituents is 1. The van der Waals surface area contributed by atoms with Gasteiger partial charge < -0.3 is 34.4 Å². The highest BCUT2D eigenvalue weighted by Gasteiger charge is 2.32. The van der Waals surface area contributed by atoms with Crippen molar-refractivity contribution in [1.82, 2.24) is 15.7 Å². The molecular weight excluding hydrogens is 712 g/mol. The van der Waals surface area contributed by atoms with E-state index < -0.39 is 66.4 Å². The second-order valence-electron chi connectivity index (χ2n) is 11.7. The molecule has 286 valence electrons. The van der Waals surface area contributed by atoms with Crippen molar-refractivity contribution in [3.05, 3.63) is 107 Å². The van der Waals surface area contributed by atoms with Crippen molar-refractivity contribution in [2.45, 2.75) is 38.8 Å². The molecule has 4 aromatic rings. The minimum absolute atomic E-state index is 0.0144.